The third-order valence-corrected chi connectivity index (χ3v) is 3.55. The first-order valence-electron chi connectivity index (χ1n) is 6.71. The summed E-state index contributed by atoms with van der Waals surface area (Å²) in [4.78, 5) is 31.6. The highest BCUT2D eigenvalue weighted by Crippen LogP contribution is 2.23. The second-order valence-corrected chi connectivity index (χ2v) is 4.97. The first kappa shape index (κ1) is 13.4. The summed E-state index contributed by atoms with van der Waals surface area (Å²) >= 11 is 0. The number of rotatable bonds is 2. The van der Waals surface area contributed by atoms with E-state index in [1.165, 1.54) is 13.3 Å². The van der Waals surface area contributed by atoms with Crippen LogP contribution in [0.2, 0.25) is 0 Å². The number of fused-ring (bicyclic) bond motifs is 1. The van der Waals surface area contributed by atoms with Crippen LogP contribution in [0, 0.1) is 0 Å². The molecule has 0 spiro atoms. The zero-order valence-corrected chi connectivity index (χ0v) is 11.6. The Morgan fingerprint density at radius 3 is 2.90 bits per heavy atom. The van der Waals surface area contributed by atoms with E-state index in [2.05, 4.69) is 9.97 Å². The van der Waals surface area contributed by atoms with Gasteiger partial charge in [-0.2, -0.15) is 0 Å². The highest BCUT2D eigenvalue weighted by molar-refractivity contribution is 5.90. The monoisotopic (exact) mass is 282 g/mol. The van der Waals surface area contributed by atoms with Gasteiger partial charge in [0.05, 0.1) is 18.4 Å². The Morgan fingerprint density at radius 1 is 1.24 bits per heavy atom. The van der Waals surface area contributed by atoms with E-state index in [4.69, 9.17) is 4.74 Å². The van der Waals surface area contributed by atoms with Crippen LogP contribution in [0.1, 0.15) is 28.0 Å². The maximum absolute atomic E-state index is 11.5. The Hall–Kier alpha value is -2.56. The molecule has 0 saturated heterocycles. The molecule has 0 N–H and O–H groups in total. The predicted molar refractivity (Wildman–Crippen MR) is 75.8 cm³/mol. The first-order chi connectivity index (χ1) is 10.2. The number of ether oxygens (including phenoxy) is 1. The summed E-state index contributed by atoms with van der Waals surface area (Å²) in [6.07, 6.45) is 4.81. The van der Waals surface area contributed by atoms with Crippen LogP contribution < -0.4 is 0 Å². The number of methoxy groups -OCH3 is 1. The summed E-state index contributed by atoms with van der Waals surface area (Å²) in [5, 5.41) is 0. The third kappa shape index (κ3) is 2.67. The zero-order valence-electron chi connectivity index (χ0n) is 11.6. The molecular formula is C16H14N2O3. The van der Waals surface area contributed by atoms with E-state index in [9.17, 15) is 9.59 Å². The maximum Gasteiger partial charge on any atom is 0.339 e. The molecule has 0 aromatic carbocycles. The summed E-state index contributed by atoms with van der Waals surface area (Å²) in [5.41, 5.74) is 3.85. The van der Waals surface area contributed by atoms with Crippen LogP contribution in [0.4, 0.5) is 0 Å². The van der Waals surface area contributed by atoms with Crippen molar-refractivity contribution in [3.8, 4) is 11.3 Å². The van der Waals surface area contributed by atoms with Gasteiger partial charge in [0.25, 0.3) is 0 Å². The molecule has 5 heteroatoms. The van der Waals surface area contributed by atoms with Gasteiger partial charge in [0.2, 0.25) is 0 Å². The van der Waals surface area contributed by atoms with Gasteiger partial charge in [-0.05, 0) is 24.1 Å². The predicted octanol–water partition coefficient (Wildman–Crippen LogP) is 1.99. The van der Waals surface area contributed by atoms with Crippen molar-refractivity contribution >= 4 is 11.8 Å². The Morgan fingerprint density at radius 2 is 2.10 bits per heavy atom. The smallest absolute Gasteiger partial charge is 0.339 e. The lowest BCUT2D eigenvalue weighted by Gasteiger charge is -2.15. The second kappa shape index (κ2) is 5.44. The van der Waals surface area contributed by atoms with Crippen LogP contribution in [0.5, 0.6) is 0 Å². The minimum atomic E-state index is -0.423. The molecule has 0 aliphatic heterocycles. The number of carbonyl (C=O) groups excluding carboxylic acids is 2. The van der Waals surface area contributed by atoms with E-state index in [-0.39, 0.29) is 5.78 Å². The van der Waals surface area contributed by atoms with Crippen molar-refractivity contribution in [3.05, 3.63) is 47.4 Å². The van der Waals surface area contributed by atoms with Gasteiger partial charge in [0, 0.05) is 36.5 Å². The fourth-order valence-corrected chi connectivity index (χ4v) is 2.44. The van der Waals surface area contributed by atoms with Crippen LogP contribution in [-0.4, -0.2) is 28.8 Å². The Labute approximate surface area is 122 Å². The van der Waals surface area contributed by atoms with Crippen molar-refractivity contribution in [1.82, 2.24) is 9.97 Å². The Bertz CT molecular complexity index is 725. The fraction of sp³-hybridized carbons (Fsp3) is 0.250. The summed E-state index contributed by atoms with van der Waals surface area (Å²) in [5.74, 6) is -0.167. The zero-order chi connectivity index (χ0) is 14.8. The Kier molecular flexibility index (Phi) is 3.48. The maximum atomic E-state index is 11.5. The van der Waals surface area contributed by atoms with Crippen LogP contribution in [0.25, 0.3) is 11.3 Å². The average Bonchev–Trinajstić information content (AvgIpc) is 2.53. The van der Waals surface area contributed by atoms with Crippen molar-refractivity contribution in [3.63, 3.8) is 0 Å². The molecule has 0 amide bonds. The molecule has 0 bridgehead atoms. The topological polar surface area (TPSA) is 69.2 Å². The molecule has 3 rings (SSSR count). The minimum absolute atomic E-state index is 0.256. The molecule has 2 aromatic rings. The number of hydrogen-bond acceptors (Lipinski definition) is 5. The van der Waals surface area contributed by atoms with E-state index in [0.717, 1.165) is 22.5 Å². The van der Waals surface area contributed by atoms with E-state index in [1.807, 2.05) is 12.1 Å². The number of nitrogens with zero attached hydrogens (tertiary/aromatic N) is 2. The fourth-order valence-electron chi connectivity index (χ4n) is 2.44. The normalized spacial score (nSPS) is 13.7. The lowest BCUT2D eigenvalue weighted by Crippen LogP contribution is -2.14. The highest BCUT2D eigenvalue weighted by Gasteiger charge is 2.17. The first-order valence-corrected chi connectivity index (χ1v) is 6.71. The van der Waals surface area contributed by atoms with Gasteiger partial charge < -0.3 is 4.74 Å². The summed E-state index contributed by atoms with van der Waals surface area (Å²) in [6.45, 7) is 0. The molecule has 0 atom stereocenters. The van der Waals surface area contributed by atoms with Gasteiger partial charge in [-0.25, -0.2) is 4.79 Å². The molecule has 1 aliphatic rings. The highest BCUT2D eigenvalue weighted by atomic mass is 16.5. The van der Waals surface area contributed by atoms with Crippen LogP contribution >= 0.6 is 0 Å². The largest absolute Gasteiger partial charge is 0.465 e. The summed E-state index contributed by atoms with van der Waals surface area (Å²) in [7, 11) is 1.34. The van der Waals surface area contributed by atoms with Gasteiger partial charge in [0.1, 0.15) is 5.78 Å². The standard InChI is InChI=1S/C16H14N2O3/c1-21-16(20)12-6-11(8-17-9-12)15-4-2-10-7-13(19)3-5-14(10)18-15/h2,4,6,8-9H,3,5,7H2,1H3. The number of esters is 1. The summed E-state index contributed by atoms with van der Waals surface area (Å²) in [6, 6.07) is 5.50. The molecule has 0 fully saturated rings. The van der Waals surface area contributed by atoms with Crippen molar-refractivity contribution in [2.24, 2.45) is 0 Å². The number of carbonyl (C=O) groups is 2. The van der Waals surface area contributed by atoms with Crippen molar-refractivity contribution < 1.29 is 14.3 Å². The van der Waals surface area contributed by atoms with Gasteiger partial charge in [-0.3, -0.25) is 14.8 Å². The number of aromatic nitrogens is 2. The van der Waals surface area contributed by atoms with Gasteiger partial charge in [-0.15, -0.1) is 0 Å². The van der Waals surface area contributed by atoms with E-state index in [0.29, 0.717) is 24.8 Å². The van der Waals surface area contributed by atoms with E-state index in [1.54, 1.807) is 12.3 Å². The van der Waals surface area contributed by atoms with Crippen molar-refractivity contribution in [2.75, 3.05) is 7.11 Å². The van der Waals surface area contributed by atoms with Crippen LogP contribution in [0.3, 0.4) is 0 Å². The van der Waals surface area contributed by atoms with Crippen LogP contribution in [0.15, 0.2) is 30.6 Å². The number of ketones is 1. The third-order valence-electron chi connectivity index (χ3n) is 3.55. The van der Waals surface area contributed by atoms with E-state index < -0.39 is 5.97 Å². The van der Waals surface area contributed by atoms with Gasteiger partial charge >= 0.3 is 5.97 Å². The molecule has 0 radical (unpaired) electrons. The summed E-state index contributed by atoms with van der Waals surface area (Å²) < 4.78 is 4.69. The molecule has 1 aliphatic carbocycles. The molecule has 2 heterocycles. The molecule has 21 heavy (non-hydrogen) atoms. The molecule has 2 aromatic heterocycles. The lowest BCUT2D eigenvalue weighted by atomic mass is 9.94. The van der Waals surface area contributed by atoms with Crippen LogP contribution in [-0.2, 0) is 22.4 Å². The number of hydrogen-bond donors (Lipinski definition) is 0. The molecule has 5 nitrogen and oxygen atoms in total. The SMILES string of the molecule is COC(=O)c1cncc(-c2ccc3c(n2)CCC(=O)C3)c1. The molecule has 0 unspecified atom stereocenters. The number of aryl methyl sites for hydroxylation is 1. The number of Topliss-reactive ketones (excluding diaryl/α,β-unsaturated/α-hetero) is 1. The van der Waals surface area contributed by atoms with Gasteiger partial charge in [0.15, 0.2) is 0 Å². The Balaban J connectivity index is 1.98. The molecule has 106 valence electrons. The average molecular weight is 282 g/mol. The van der Waals surface area contributed by atoms with Crippen molar-refractivity contribution in [2.45, 2.75) is 19.3 Å². The van der Waals surface area contributed by atoms with Gasteiger partial charge in [-0.1, -0.05) is 6.07 Å². The number of pyridine rings is 2. The molecular weight excluding hydrogens is 268 g/mol. The van der Waals surface area contributed by atoms with E-state index >= 15 is 0 Å². The second-order valence-electron chi connectivity index (χ2n) is 4.97. The lowest BCUT2D eigenvalue weighted by molar-refractivity contribution is -0.118. The quantitative estimate of drug-likeness (QED) is 0.788. The minimum Gasteiger partial charge on any atom is -0.465 e. The van der Waals surface area contributed by atoms with Crippen molar-refractivity contribution in [1.29, 1.82) is 0 Å². The molecule has 0 saturated carbocycles.